The predicted octanol–water partition coefficient (Wildman–Crippen LogP) is 2.53. The van der Waals surface area contributed by atoms with E-state index in [-0.39, 0.29) is 5.15 Å². The molecular formula is C10H13ClN2O2S2. The van der Waals surface area contributed by atoms with Gasteiger partial charge in [0.15, 0.2) is 15.2 Å². The van der Waals surface area contributed by atoms with Crippen molar-refractivity contribution in [3.8, 4) is 0 Å². The number of carbonyl (C=O) groups excluding carboxylic acids is 1. The molecule has 0 radical (unpaired) electrons. The fraction of sp³-hybridized carbons (Fsp3) is 0.600. The maximum atomic E-state index is 11.4. The minimum atomic E-state index is -0.414. The summed E-state index contributed by atoms with van der Waals surface area (Å²) in [6.45, 7) is 1.92. The number of methoxy groups -OCH3 is 1. The Bertz CT molecular complexity index is 403. The Balaban J connectivity index is 2.18. The summed E-state index contributed by atoms with van der Waals surface area (Å²) in [6, 6.07) is 0. The average molecular weight is 293 g/mol. The van der Waals surface area contributed by atoms with Crippen molar-refractivity contribution < 1.29 is 9.53 Å². The van der Waals surface area contributed by atoms with Gasteiger partial charge in [-0.1, -0.05) is 22.9 Å². The number of thioether (sulfide) groups is 1. The summed E-state index contributed by atoms with van der Waals surface area (Å²) in [5.74, 6) is 1.85. The molecule has 94 valence electrons. The summed E-state index contributed by atoms with van der Waals surface area (Å²) < 4.78 is 4.67. The number of hydrogen-bond donors (Lipinski definition) is 0. The maximum Gasteiger partial charge on any atom is 0.351 e. The van der Waals surface area contributed by atoms with Gasteiger partial charge in [0.05, 0.1) is 7.11 Å². The van der Waals surface area contributed by atoms with E-state index >= 15 is 0 Å². The van der Waals surface area contributed by atoms with Crippen LogP contribution in [0, 0.1) is 0 Å². The van der Waals surface area contributed by atoms with Gasteiger partial charge in [-0.3, -0.25) is 0 Å². The van der Waals surface area contributed by atoms with Crippen LogP contribution in [-0.4, -0.2) is 42.7 Å². The van der Waals surface area contributed by atoms with Crippen LogP contribution in [0.3, 0.4) is 0 Å². The summed E-state index contributed by atoms with van der Waals surface area (Å²) in [5.41, 5.74) is 0. The number of carbonyl (C=O) groups is 1. The van der Waals surface area contributed by atoms with E-state index in [9.17, 15) is 4.79 Å². The van der Waals surface area contributed by atoms with Crippen LogP contribution in [0.2, 0.25) is 5.15 Å². The molecule has 0 spiro atoms. The lowest BCUT2D eigenvalue weighted by Crippen LogP contribution is -2.25. The van der Waals surface area contributed by atoms with Crippen LogP contribution >= 0.6 is 34.7 Å². The van der Waals surface area contributed by atoms with Crippen LogP contribution in [0.25, 0.3) is 0 Å². The van der Waals surface area contributed by atoms with E-state index in [4.69, 9.17) is 11.6 Å². The second-order valence-electron chi connectivity index (χ2n) is 3.56. The number of esters is 1. The molecule has 1 aromatic heterocycles. The molecule has 0 amide bonds. The van der Waals surface area contributed by atoms with Gasteiger partial charge in [0.2, 0.25) is 0 Å². The van der Waals surface area contributed by atoms with E-state index in [0.29, 0.717) is 4.88 Å². The molecule has 0 unspecified atom stereocenters. The lowest BCUT2D eigenvalue weighted by atomic mass is 10.4. The third-order valence-electron chi connectivity index (χ3n) is 2.44. The Labute approximate surface area is 113 Å². The van der Waals surface area contributed by atoms with Crippen molar-refractivity contribution in [2.75, 3.05) is 36.6 Å². The highest BCUT2D eigenvalue weighted by molar-refractivity contribution is 7.99. The molecule has 1 aromatic rings. The smallest absolute Gasteiger partial charge is 0.351 e. The SMILES string of the molecule is COC(=O)c1sc(N2CCCSCC2)nc1Cl. The standard InChI is InChI=1S/C10H13ClN2O2S2/c1-15-9(14)7-8(11)12-10(17-7)13-3-2-5-16-6-4-13/h2-6H2,1H3. The third-order valence-corrected chi connectivity index (χ3v) is 4.97. The molecule has 7 heteroatoms. The third kappa shape index (κ3) is 3.05. The molecule has 0 atom stereocenters. The van der Waals surface area contributed by atoms with E-state index < -0.39 is 5.97 Å². The molecule has 4 nitrogen and oxygen atoms in total. The highest BCUT2D eigenvalue weighted by Gasteiger charge is 2.21. The van der Waals surface area contributed by atoms with Gasteiger partial charge < -0.3 is 9.64 Å². The topological polar surface area (TPSA) is 42.4 Å². The Morgan fingerprint density at radius 2 is 2.29 bits per heavy atom. The van der Waals surface area contributed by atoms with Crippen molar-refractivity contribution in [3.63, 3.8) is 0 Å². The normalized spacial score (nSPS) is 16.7. The second-order valence-corrected chi connectivity index (χ2v) is 6.12. The number of aromatic nitrogens is 1. The van der Waals surface area contributed by atoms with Crippen molar-refractivity contribution in [1.29, 1.82) is 0 Å². The van der Waals surface area contributed by atoms with E-state index in [1.165, 1.54) is 24.2 Å². The van der Waals surface area contributed by atoms with E-state index in [0.717, 1.165) is 30.4 Å². The zero-order valence-electron chi connectivity index (χ0n) is 9.44. The summed E-state index contributed by atoms with van der Waals surface area (Å²) in [7, 11) is 1.35. The number of nitrogens with zero attached hydrogens (tertiary/aromatic N) is 2. The van der Waals surface area contributed by atoms with Crippen LogP contribution in [0.1, 0.15) is 16.1 Å². The zero-order chi connectivity index (χ0) is 12.3. The highest BCUT2D eigenvalue weighted by atomic mass is 35.5. The number of anilines is 1. The van der Waals surface area contributed by atoms with Crippen molar-refractivity contribution in [3.05, 3.63) is 10.0 Å². The molecule has 17 heavy (non-hydrogen) atoms. The van der Waals surface area contributed by atoms with Gasteiger partial charge in [-0.15, -0.1) is 0 Å². The Kier molecular flexibility index (Phi) is 4.53. The van der Waals surface area contributed by atoms with Crippen LogP contribution in [0.5, 0.6) is 0 Å². The molecule has 0 saturated carbocycles. The van der Waals surface area contributed by atoms with Crippen LogP contribution in [0.15, 0.2) is 0 Å². The first-order valence-corrected chi connectivity index (χ1v) is 7.64. The summed E-state index contributed by atoms with van der Waals surface area (Å²) in [4.78, 5) is 18.3. The van der Waals surface area contributed by atoms with Gasteiger partial charge in [0.25, 0.3) is 0 Å². The first-order chi connectivity index (χ1) is 8.22. The van der Waals surface area contributed by atoms with Gasteiger partial charge in [0.1, 0.15) is 0 Å². The summed E-state index contributed by atoms with van der Waals surface area (Å²) in [6.07, 6.45) is 1.13. The Morgan fingerprint density at radius 1 is 1.47 bits per heavy atom. The largest absolute Gasteiger partial charge is 0.465 e. The van der Waals surface area contributed by atoms with Crippen molar-refractivity contribution in [1.82, 2.24) is 4.98 Å². The Morgan fingerprint density at radius 3 is 3.06 bits per heavy atom. The second kappa shape index (κ2) is 5.93. The molecule has 0 aromatic carbocycles. The van der Waals surface area contributed by atoms with Gasteiger partial charge in [-0.2, -0.15) is 11.8 Å². The van der Waals surface area contributed by atoms with E-state index in [1.807, 2.05) is 11.8 Å². The highest BCUT2D eigenvalue weighted by Crippen LogP contribution is 2.31. The first-order valence-electron chi connectivity index (χ1n) is 5.29. The molecule has 1 fully saturated rings. The van der Waals surface area contributed by atoms with E-state index in [2.05, 4.69) is 14.6 Å². The molecule has 2 heterocycles. The van der Waals surface area contributed by atoms with Crippen molar-refractivity contribution >= 4 is 45.8 Å². The quantitative estimate of drug-likeness (QED) is 0.784. The molecule has 0 bridgehead atoms. The number of halogens is 1. The number of ether oxygens (including phenoxy) is 1. The van der Waals surface area contributed by atoms with Crippen molar-refractivity contribution in [2.24, 2.45) is 0 Å². The maximum absolute atomic E-state index is 11.4. The van der Waals surface area contributed by atoms with Gasteiger partial charge in [-0.05, 0) is 12.2 Å². The lowest BCUT2D eigenvalue weighted by molar-refractivity contribution is 0.0606. The minimum Gasteiger partial charge on any atom is -0.465 e. The minimum absolute atomic E-state index is 0.244. The molecular weight excluding hydrogens is 280 g/mol. The molecule has 0 aliphatic carbocycles. The average Bonchev–Trinajstić information content (AvgIpc) is 2.57. The van der Waals surface area contributed by atoms with Crippen LogP contribution in [0.4, 0.5) is 5.13 Å². The fourth-order valence-corrected chi connectivity index (χ4v) is 3.72. The summed E-state index contributed by atoms with van der Waals surface area (Å²) in [5, 5.41) is 1.06. The fourth-order valence-electron chi connectivity index (χ4n) is 1.58. The molecule has 1 aliphatic rings. The van der Waals surface area contributed by atoms with Crippen LogP contribution < -0.4 is 4.90 Å². The molecule has 0 N–H and O–H groups in total. The van der Waals surface area contributed by atoms with E-state index in [1.54, 1.807) is 0 Å². The van der Waals surface area contributed by atoms with Crippen molar-refractivity contribution in [2.45, 2.75) is 6.42 Å². The van der Waals surface area contributed by atoms with Gasteiger partial charge in [0, 0.05) is 18.8 Å². The monoisotopic (exact) mass is 292 g/mol. The number of thiazole rings is 1. The Hall–Kier alpha value is -0.460. The molecule has 1 aliphatic heterocycles. The number of rotatable bonds is 2. The molecule has 2 rings (SSSR count). The van der Waals surface area contributed by atoms with Gasteiger partial charge >= 0.3 is 5.97 Å². The number of hydrogen-bond acceptors (Lipinski definition) is 6. The lowest BCUT2D eigenvalue weighted by Gasteiger charge is -2.17. The summed E-state index contributed by atoms with van der Waals surface area (Å²) >= 11 is 9.20. The predicted molar refractivity (Wildman–Crippen MR) is 72.6 cm³/mol. The van der Waals surface area contributed by atoms with Crippen LogP contribution in [-0.2, 0) is 4.74 Å². The first kappa shape index (κ1) is 13.0. The zero-order valence-corrected chi connectivity index (χ0v) is 11.8. The van der Waals surface area contributed by atoms with Gasteiger partial charge in [-0.25, -0.2) is 9.78 Å². The molecule has 1 saturated heterocycles.